The zero-order chi connectivity index (χ0) is 13.8. The van der Waals surface area contributed by atoms with Crippen LogP contribution in [0.5, 0.6) is 11.5 Å². The predicted octanol–water partition coefficient (Wildman–Crippen LogP) is 2.39. The molecular weight excluding hydrogens is 280 g/mol. The number of benzene rings is 1. The molecule has 0 aliphatic rings. The SMILES string of the molecule is COc1ccc(Cc2ncc(C(N)=S)s2)cc1OC. The Balaban J connectivity index is 2.20. The van der Waals surface area contributed by atoms with E-state index in [4.69, 9.17) is 27.4 Å². The molecule has 0 fully saturated rings. The summed E-state index contributed by atoms with van der Waals surface area (Å²) >= 11 is 6.43. The van der Waals surface area contributed by atoms with E-state index in [0.717, 1.165) is 15.4 Å². The molecule has 1 aromatic heterocycles. The van der Waals surface area contributed by atoms with Gasteiger partial charge in [0, 0.05) is 12.6 Å². The summed E-state index contributed by atoms with van der Waals surface area (Å²) in [5, 5.41) is 0.968. The van der Waals surface area contributed by atoms with Crippen LogP contribution in [0.25, 0.3) is 0 Å². The van der Waals surface area contributed by atoms with Crippen molar-refractivity contribution in [2.75, 3.05) is 14.2 Å². The van der Waals surface area contributed by atoms with Gasteiger partial charge in [0.2, 0.25) is 0 Å². The minimum absolute atomic E-state index is 0.385. The van der Waals surface area contributed by atoms with Gasteiger partial charge in [-0.05, 0) is 17.7 Å². The van der Waals surface area contributed by atoms with Gasteiger partial charge >= 0.3 is 0 Å². The summed E-state index contributed by atoms with van der Waals surface area (Å²) in [5.41, 5.74) is 6.67. The third kappa shape index (κ3) is 3.21. The van der Waals surface area contributed by atoms with Gasteiger partial charge in [-0.1, -0.05) is 18.3 Å². The fraction of sp³-hybridized carbons (Fsp3) is 0.231. The Morgan fingerprint density at radius 1 is 1.32 bits per heavy atom. The Labute approximate surface area is 121 Å². The molecule has 0 bridgehead atoms. The third-order valence-corrected chi connectivity index (χ3v) is 3.98. The monoisotopic (exact) mass is 294 g/mol. The van der Waals surface area contributed by atoms with Crippen LogP contribution in [0.3, 0.4) is 0 Å². The van der Waals surface area contributed by atoms with Gasteiger partial charge in [0.15, 0.2) is 11.5 Å². The highest BCUT2D eigenvalue weighted by Crippen LogP contribution is 2.29. The summed E-state index contributed by atoms with van der Waals surface area (Å²) in [7, 11) is 3.24. The number of thiazole rings is 1. The third-order valence-electron chi connectivity index (χ3n) is 2.60. The molecule has 0 atom stereocenters. The van der Waals surface area contributed by atoms with Crippen molar-refractivity contribution in [1.82, 2.24) is 4.98 Å². The van der Waals surface area contributed by atoms with Gasteiger partial charge in [-0.25, -0.2) is 4.98 Å². The van der Waals surface area contributed by atoms with Crippen LogP contribution in [-0.4, -0.2) is 24.2 Å². The van der Waals surface area contributed by atoms with Gasteiger partial charge < -0.3 is 15.2 Å². The maximum absolute atomic E-state index is 5.57. The summed E-state index contributed by atoms with van der Waals surface area (Å²) in [6.45, 7) is 0. The molecule has 0 saturated heterocycles. The van der Waals surface area contributed by atoms with Crippen LogP contribution < -0.4 is 15.2 Å². The first-order valence-corrected chi connectivity index (χ1v) is 6.82. The largest absolute Gasteiger partial charge is 0.493 e. The maximum Gasteiger partial charge on any atom is 0.160 e. The second-order valence-corrected chi connectivity index (χ2v) is 5.40. The fourth-order valence-electron chi connectivity index (χ4n) is 1.67. The highest BCUT2D eigenvalue weighted by molar-refractivity contribution is 7.81. The Kier molecular flexibility index (Phi) is 4.34. The van der Waals surface area contributed by atoms with Gasteiger partial charge in [0.25, 0.3) is 0 Å². The van der Waals surface area contributed by atoms with E-state index in [1.807, 2.05) is 18.2 Å². The van der Waals surface area contributed by atoms with Gasteiger partial charge in [0.1, 0.15) is 4.99 Å². The van der Waals surface area contributed by atoms with Crippen molar-refractivity contribution < 1.29 is 9.47 Å². The second kappa shape index (κ2) is 5.99. The first-order chi connectivity index (χ1) is 9.13. The molecule has 0 unspecified atom stereocenters. The van der Waals surface area contributed by atoms with Crippen LogP contribution in [0, 0.1) is 0 Å². The number of nitrogens with zero attached hydrogens (tertiary/aromatic N) is 1. The van der Waals surface area contributed by atoms with Crippen LogP contribution >= 0.6 is 23.6 Å². The molecule has 0 spiro atoms. The molecule has 2 N–H and O–H groups in total. The number of nitrogens with two attached hydrogens (primary N) is 1. The lowest BCUT2D eigenvalue weighted by Crippen LogP contribution is -2.06. The van der Waals surface area contributed by atoms with Crippen molar-refractivity contribution in [1.29, 1.82) is 0 Å². The lowest BCUT2D eigenvalue weighted by Gasteiger charge is -2.08. The van der Waals surface area contributed by atoms with E-state index in [0.29, 0.717) is 22.9 Å². The van der Waals surface area contributed by atoms with Crippen molar-refractivity contribution in [3.05, 3.63) is 39.8 Å². The van der Waals surface area contributed by atoms with Gasteiger partial charge in [-0.3, -0.25) is 0 Å². The minimum Gasteiger partial charge on any atom is -0.493 e. The lowest BCUT2D eigenvalue weighted by molar-refractivity contribution is 0.354. The van der Waals surface area contributed by atoms with Crippen LogP contribution in [0.15, 0.2) is 24.4 Å². The van der Waals surface area contributed by atoms with Crippen LogP contribution in [0.4, 0.5) is 0 Å². The van der Waals surface area contributed by atoms with E-state index in [2.05, 4.69) is 4.98 Å². The molecule has 100 valence electrons. The fourth-order valence-corrected chi connectivity index (χ4v) is 2.65. The number of methoxy groups -OCH3 is 2. The molecule has 1 heterocycles. The summed E-state index contributed by atoms with van der Waals surface area (Å²) < 4.78 is 10.5. The Hall–Kier alpha value is -1.66. The van der Waals surface area contributed by atoms with E-state index in [9.17, 15) is 0 Å². The van der Waals surface area contributed by atoms with E-state index in [1.54, 1.807) is 20.4 Å². The molecular formula is C13H14N2O2S2. The average molecular weight is 294 g/mol. The number of rotatable bonds is 5. The van der Waals surface area contributed by atoms with E-state index >= 15 is 0 Å². The predicted molar refractivity (Wildman–Crippen MR) is 80.4 cm³/mol. The van der Waals surface area contributed by atoms with Crippen molar-refractivity contribution in [2.45, 2.75) is 6.42 Å². The topological polar surface area (TPSA) is 57.4 Å². The quantitative estimate of drug-likeness (QED) is 0.858. The van der Waals surface area contributed by atoms with Gasteiger partial charge in [0.05, 0.1) is 24.1 Å². The van der Waals surface area contributed by atoms with E-state index in [-0.39, 0.29) is 0 Å². The summed E-state index contributed by atoms with van der Waals surface area (Å²) in [4.78, 5) is 5.53. The number of hydrogen-bond acceptors (Lipinski definition) is 5. The first kappa shape index (κ1) is 13.8. The molecule has 0 aliphatic heterocycles. The smallest absolute Gasteiger partial charge is 0.160 e. The standard InChI is InChI=1S/C13H14N2O2S2/c1-16-9-4-3-8(5-10(9)17-2)6-12-15-7-11(19-12)13(14)18/h3-5,7H,6H2,1-2H3,(H2,14,18). The second-order valence-electron chi connectivity index (χ2n) is 3.85. The molecule has 4 nitrogen and oxygen atoms in total. The van der Waals surface area contributed by atoms with E-state index in [1.165, 1.54) is 11.3 Å². The zero-order valence-corrected chi connectivity index (χ0v) is 12.3. The molecule has 19 heavy (non-hydrogen) atoms. The number of hydrogen-bond donors (Lipinski definition) is 1. The summed E-state index contributed by atoms with van der Waals surface area (Å²) in [6.07, 6.45) is 2.43. The molecule has 0 radical (unpaired) electrons. The number of ether oxygens (including phenoxy) is 2. The Morgan fingerprint density at radius 3 is 2.63 bits per heavy atom. The lowest BCUT2D eigenvalue weighted by atomic mass is 10.1. The number of thiocarbonyl (C=S) groups is 1. The maximum atomic E-state index is 5.57. The van der Waals surface area contributed by atoms with Crippen LogP contribution in [0.1, 0.15) is 15.4 Å². The first-order valence-electron chi connectivity index (χ1n) is 5.59. The molecule has 6 heteroatoms. The molecule has 0 aliphatic carbocycles. The van der Waals surface area contributed by atoms with Gasteiger partial charge in [-0.2, -0.15) is 0 Å². The molecule has 0 saturated carbocycles. The van der Waals surface area contributed by atoms with Crippen molar-refractivity contribution in [3.63, 3.8) is 0 Å². The number of aromatic nitrogens is 1. The zero-order valence-electron chi connectivity index (χ0n) is 10.7. The highest BCUT2D eigenvalue weighted by atomic mass is 32.1. The minimum atomic E-state index is 0.385. The van der Waals surface area contributed by atoms with Crippen LogP contribution in [0.2, 0.25) is 0 Å². The average Bonchev–Trinajstić information content (AvgIpc) is 2.87. The molecule has 2 rings (SSSR count). The van der Waals surface area contributed by atoms with Crippen LogP contribution in [-0.2, 0) is 6.42 Å². The normalized spacial score (nSPS) is 10.2. The molecule has 0 amide bonds. The van der Waals surface area contributed by atoms with Crippen molar-refractivity contribution in [3.8, 4) is 11.5 Å². The van der Waals surface area contributed by atoms with Crippen molar-refractivity contribution in [2.24, 2.45) is 5.73 Å². The molecule has 2 aromatic rings. The van der Waals surface area contributed by atoms with Gasteiger partial charge in [-0.15, -0.1) is 11.3 Å². The summed E-state index contributed by atoms with van der Waals surface area (Å²) in [5.74, 6) is 1.43. The summed E-state index contributed by atoms with van der Waals surface area (Å²) in [6, 6.07) is 5.82. The highest BCUT2D eigenvalue weighted by Gasteiger charge is 2.08. The molecule has 1 aromatic carbocycles. The van der Waals surface area contributed by atoms with Crippen molar-refractivity contribution >= 4 is 28.5 Å². The Bertz CT molecular complexity index is 596. The van der Waals surface area contributed by atoms with E-state index < -0.39 is 0 Å². The Morgan fingerprint density at radius 2 is 2.05 bits per heavy atom.